The van der Waals surface area contributed by atoms with Crippen LogP contribution in [0.25, 0.3) is 0 Å². The van der Waals surface area contributed by atoms with Crippen LogP contribution in [0.1, 0.15) is 48.1 Å². The summed E-state index contributed by atoms with van der Waals surface area (Å²) in [6, 6.07) is 0.244. The lowest BCUT2D eigenvalue weighted by Gasteiger charge is -2.19. The van der Waals surface area contributed by atoms with Gasteiger partial charge in [-0.25, -0.2) is 4.98 Å². The van der Waals surface area contributed by atoms with Crippen molar-refractivity contribution in [3.05, 3.63) is 16.1 Å². The fraction of sp³-hybridized carbons (Fsp3) is 0.667. The van der Waals surface area contributed by atoms with Crippen LogP contribution in [-0.2, 0) is 6.54 Å². The predicted molar refractivity (Wildman–Crippen MR) is 76.1 cm³/mol. The largest absolute Gasteiger partial charge is 0.348 e. The van der Waals surface area contributed by atoms with Crippen molar-refractivity contribution in [1.82, 2.24) is 10.3 Å². The number of hydrogen-bond acceptors (Lipinski definition) is 4. The van der Waals surface area contributed by atoms with Crippen LogP contribution in [0.4, 0.5) is 0 Å². The number of aromatic nitrogens is 1. The van der Waals surface area contributed by atoms with Gasteiger partial charge in [-0.2, -0.15) is 0 Å². The van der Waals surface area contributed by atoms with E-state index in [-0.39, 0.29) is 24.4 Å². The molecule has 0 aromatic carbocycles. The second-order valence-corrected chi connectivity index (χ2v) is 5.58. The number of nitrogens with one attached hydrogen (secondary N) is 1. The number of carbonyl (C=O) groups excluding carboxylic acids is 1. The van der Waals surface area contributed by atoms with Gasteiger partial charge < -0.3 is 11.1 Å². The number of rotatable bonds is 4. The zero-order valence-electron chi connectivity index (χ0n) is 10.5. The molecule has 1 aromatic heterocycles. The van der Waals surface area contributed by atoms with Crippen molar-refractivity contribution in [1.29, 1.82) is 0 Å². The van der Waals surface area contributed by atoms with Gasteiger partial charge in [-0.3, -0.25) is 4.79 Å². The summed E-state index contributed by atoms with van der Waals surface area (Å²) in [4.78, 5) is 16.1. The molecule has 2 rings (SSSR count). The molecule has 1 heterocycles. The van der Waals surface area contributed by atoms with Crippen LogP contribution in [0.5, 0.6) is 0 Å². The topological polar surface area (TPSA) is 68.0 Å². The van der Waals surface area contributed by atoms with Gasteiger partial charge in [0.05, 0.1) is 0 Å². The summed E-state index contributed by atoms with van der Waals surface area (Å²) in [5, 5.41) is 5.63. The Morgan fingerprint density at radius 1 is 1.61 bits per heavy atom. The Kier molecular flexibility index (Phi) is 6.05. The molecule has 0 aliphatic heterocycles. The van der Waals surface area contributed by atoms with Crippen LogP contribution in [0.15, 0.2) is 5.38 Å². The van der Waals surface area contributed by atoms with Crippen LogP contribution in [0.2, 0.25) is 0 Å². The van der Waals surface area contributed by atoms with E-state index in [0.29, 0.717) is 18.2 Å². The molecule has 1 amide bonds. The smallest absolute Gasteiger partial charge is 0.270 e. The summed E-state index contributed by atoms with van der Waals surface area (Å²) in [6.45, 7) is 2.49. The predicted octanol–water partition coefficient (Wildman–Crippen LogP) is 2.33. The standard InChI is InChI=1S/C12H19N3OS.ClH/c1-8(9-4-2-3-5-9)14-12(16)10-7-17-11(6-13)15-10;/h7-9H,2-6,13H2,1H3,(H,14,16);1H. The van der Waals surface area contributed by atoms with E-state index < -0.39 is 0 Å². The van der Waals surface area contributed by atoms with Crippen molar-refractivity contribution < 1.29 is 4.79 Å². The van der Waals surface area contributed by atoms with Crippen molar-refractivity contribution in [3.8, 4) is 0 Å². The summed E-state index contributed by atoms with van der Waals surface area (Å²) >= 11 is 1.44. The summed E-state index contributed by atoms with van der Waals surface area (Å²) in [7, 11) is 0. The summed E-state index contributed by atoms with van der Waals surface area (Å²) in [5.41, 5.74) is 5.98. The van der Waals surface area contributed by atoms with E-state index in [1.807, 2.05) is 0 Å². The maximum absolute atomic E-state index is 11.9. The Morgan fingerprint density at radius 3 is 2.83 bits per heavy atom. The van der Waals surface area contributed by atoms with E-state index in [9.17, 15) is 4.79 Å². The van der Waals surface area contributed by atoms with Crippen LogP contribution in [-0.4, -0.2) is 16.9 Å². The molecule has 1 unspecified atom stereocenters. The molecule has 1 saturated carbocycles. The van der Waals surface area contributed by atoms with Crippen molar-refractivity contribution in [2.75, 3.05) is 0 Å². The molecule has 0 spiro atoms. The molecule has 4 nitrogen and oxygen atoms in total. The minimum atomic E-state index is -0.0691. The SMILES string of the molecule is CC(NC(=O)c1csc(CN)n1)C1CCCC1.Cl. The molecular formula is C12H20ClN3OS. The van der Waals surface area contributed by atoms with Crippen molar-refractivity contribution >= 4 is 29.7 Å². The number of carbonyl (C=O) groups is 1. The van der Waals surface area contributed by atoms with Crippen LogP contribution in [0.3, 0.4) is 0 Å². The molecule has 0 radical (unpaired) electrons. The molecule has 18 heavy (non-hydrogen) atoms. The molecule has 102 valence electrons. The highest BCUT2D eigenvalue weighted by molar-refractivity contribution is 7.09. The quantitative estimate of drug-likeness (QED) is 0.894. The third-order valence-corrected chi connectivity index (χ3v) is 4.30. The Hall–Kier alpha value is -0.650. The van der Waals surface area contributed by atoms with E-state index in [0.717, 1.165) is 5.01 Å². The van der Waals surface area contributed by atoms with Gasteiger partial charge in [-0.15, -0.1) is 23.7 Å². The Labute approximate surface area is 118 Å². The van der Waals surface area contributed by atoms with Gasteiger partial charge in [0, 0.05) is 18.0 Å². The molecule has 0 saturated heterocycles. The van der Waals surface area contributed by atoms with Crippen molar-refractivity contribution in [2.24, 2.45) is 11.7 Å². The average molecular weight is 290 g/mol. The normalized spacial score (nSPS) is 17.2. The molecule has 0 bridgehead atoms. The molecule has 1 aliphatic rings. The maximum atomic E-state index is 11.9. The zero-order valence-corrected chi connectivity index (χ0v) is 12.1. The number of nitrogens with two attached hydrogens (primary N) is 1. The van der Waals surface area contributed by atoms with E-state index in [1.54, 1.807) is 5.38 Å². The molecule has 6 heteroatoms. The first-order chi connectivity index (χ1) is 8.20. The van der Waals surface area contributed by atoms with E-state index in [2.05, 4.69) is 17.2 Å². The van der Waals surface area contributed by atoms with Gasteiger partial charge in [0.1, 0.15) is 10.7 Å². The minimum Gasteiger partial charge on any atom is -0.348 e. The van der Waals surface area contributed by atoms with Gasteiger partial charge in [-0.05, 0) is 25.7 Å². The molecule has 1 fully saturated rings. The highest BCUT2D eigenvalue weighted by atomic mass is 35.5. The van der Waals surface area contributed by atoms with E-state index in [4.69, 9.17) is 5.73 Å². The first kappa shape index (κ1) is 15.4. The maximum Gasteiger partial charge on any atom is 0.270 e. The first-order valence-electron chi connectivity index (χ1n) is 6.16. The van der Waals surface area contributed by atoms with Crippen LogP contribution in [0, 0.1) is 5.92 Å². The van der Waals surface area contributed by atoms with Gasteiger partial charge in [-0.1, -0.05) is 12.8 Å². The second kappa shape index (κ2) is 7.07. The van der Waals surface area contributed by atoms with Gasteiger partial charge in [0.25, 0.3) is 5.91 Å². The molecule has 1 aliphatic carbocycles. The number of thiazole rings is 1. The molecular weight excluding hydrogens is 270 g/mol. The molecule has 1 atom stereocenters. The Morgan fingerprint density at radius 2 is 2.28 bits per heavy atom. The van der Waals surface area contributed by atoms with Crippen molar-refractivity contribution in [3.63, 3.8) is 0 Å². The van der Waals surface area contributed by atoms with E-state index in [1.165, 1.54) is 37.0 Å². The van der Waals surface area contributed by atoms with Gasteiger partial charge in [0.15, 0.2) is 0 Å². The van der Waals surface area contributed by atoms with Gasteiger partial charge >= 0.3 is 0 Å². The molecule has 3 N–H and O–H groups in total. The summed E-state index contributed by atoms with van der Waals surface area (Å²) < 4.78 is 0. The van der Waals surface area contributed by atoms with Crippen LogP contribution < -0.4 is 11.1 Å². The third-order valence-electron chi connectivity index (χ3n) is 3.42. The number of amides is 1. The highest BCUT2D eigenvalue weighted by Crippen LogP contribution is 2.27. The summed E-state index contributed by atoms with van der Waals surface area (Å²) in [6.07, 6.45) is 5.04. The molecule has 1 aromatic rings. The number of halogens is 1. The monoisotopic (exact) mass is 289 g/mol. The highest BCUT2D eigenvalue weighted by Gasteiger charge is 2.23. The average Bonchev–Trinajstić information content (AvgIpc) is 3.00. The third kappa shape index (κ3) is 3.67. The van der Waals surface area contributed by atoms with Crippen LogP contribution >= 0.6 is 23.7 Å². The Bertz CT molecular complexity index is 390. The number of nitrogens with zero attached hydrogens (tertiary/aromatic N) is 1. The number of hydrogen-bond donors (Lipinski definition) is 2. The van der Waals surface area contributed by atoms with Crippen molar-refractivity contribution in [2.45, 2.75) is 45.2 Å². The summed E-state index contributed by atoms with van der Waals surface area (Å²) in [5.74, 6) is 0.562. The lowest BCUT2D eigenvalue weighted by molar-refractivity contribution is 0.0922. The van der Waals surface area contributed by atoms with E-state index >= 15 is 0 Å². The van der Waals surface area contributed by atoms with Gasteiger partial charge in [0.2, 0.25) is 0 Å². The first-order valence-corrected chi connectivity index (χ1v) is 7.04. The minimum absolute atomic E-state index is 0. The Balaban J connectivity index is 0.00000162. The zero-order chi connectivity index (χ0) is 12.3. The lowest BCUT2D eigenvalue weighted by Crippen LogP contribution is -2.37. The second-order valence-electron chi connectivity index (χ2n) is 4.64. The lowest BCUT2D eigenvalue weighted by atomic mass is 10.00. The fourth-order valence-corrected chi connectivity index (χ4v) is 3.02. The fourth-order valence-electron chi connectivity index (χ4n) is 2.36.